The topological polar surface area (TPSA) is 109 Å². The lowest BCUT2D eigenvalue weighted by Gasteiger charge is -2.19. The van der Waals surface area contributed by atoms with Gasteiger partial charge in [-0.2, -0.15) is 15.4 Å². The fourth-order valence-corrected chi connectivity index (χ4v) is 2.41. The molecule has 1 heterocycles. The van der Waals surface area contributed by atoms with Crippen LogP contribution in [0.5, 0.6) is 0 Å². The Balaban J connectivity index is 1.59. The molecule has 0 bridgehead atoms. The van der Waals surface area contributed by atoms with E-state index in [1.807, 2.05) is 0 Å². The number of aromatic amines is 1. The molecular weight excluding hydrogens is 358 g/mol. The fourth-order valence-electron chi connectivity index (χ4n) is 2.41. The second-order valence-corrected chi connectivity index (χ2v) is 7.07. The van der Waals surface area contributed by atoms with Crippen molar-refractivity contribution in [2.45, 2.75) is 26.4 Å². The van der Waals surface area contributed by atoms with Crippen LogP contribution in [0.15, 0.2) is 48.5 Å². The number of hydrogen-bond donors (Lipinski definition) is 3. The predicted octanol–water partition coefficient (Wildman–Crippen LogP) is 3.96. The highest BCUT2D eigenvalue weighted by atomic mass is 16.6. The Morgan fingerprint density at radius 3 is 2.50 bits per heavy atom. The van der Waals surface area contributed by atoms with E-state index in [0.29, 0.717) is 22.4 Å². The van der Waals surface area contributed by atoms with Crippen LogP contribution >= 0.6 is 0 Å². The first-order chi connectivity index (χ1) is 13.3. The zero-order chi connectivity index (χ0) is 20.1. The molecule has 0 fully saturated rings. The molecule has 8 nitrogen and oxygen atoms in total. The summed E-state index contributed by atoms with van der Waals surface area (Å²) in [5, 5.41) is 16.0. The van der Waals surface area contributed by atoms with Gasteiger partial charge in [0.25, 0.3) is 0 Å². The molecule has 0 radical (unpaired) electrons. The van der Waals surface area contributed by atoms with Crippen LogP contribution in [0.2, 0.25) is 0 Å². The minimum absolute atomic E-state index is 0.286. The van der Waals surface area contributed by atoms with Gasteiger partial charge in [0, 0.05) is 11.8 Å². The number of hydrogen-bond acceptors (Lipinski definition) is 5. The summed E-state index contributed by atoms with van der Waals surface area (Å²) in [5.74, 6) is -0.286. The van der Waals surface area contributed by atoms with Gasteiger partial charge in [0.2, 0.25) is 5.91 Å². The summed E-state index contributed by atoms with van der Waals surface area (Å²) in [7, 11) is 0. The molecule has 28 heavy (non-hydrogen) atoms. The van der Waals surface area contributed by atoms with Gasteiger partial charge in [-0.25, -0.2) is 4.79 Å². The zero-order valence-electron chi connectivity index (χ0n) is 15.8. The van der Waals surface area contributed by atoms with E-state index in [1.54, 1.807) is 69.3 Å². The summed E-state index contributed by atoms with van der Waals surface area (Å²) in [6, 6.07) is 12.4. The monoisotopic (exact) mass is 379 g/mol. The summed E-state index contributed by atoms with van der Waals surface area (Å²) in [5.41, 5.74) is 2.71. The summed E-state index contributed by atoms with van der Waals surface area (Å²) in [4.78, 5) is 23.9. The number of nitrogens with one attached hydrogen (secondary N) is 3. The number of H-pyrrole nitrogens is 1. The van der Waals surface area contributed by atoms with Gasteiger partial charge in [0.1, 0.15) is 16.6 Å². The second-order valence-electron chi connectivity index (χ2n) is 7.07. The summed E-state index contributed by atoms with van der Waals surface area (Å²) in [6.45, 7) is 5.40. The van der Waals surface area contributed by atoms with Crippen LogP contribution in [0.25, 0.3) is 17.1 Å². The van der Waals surface area contributed by atoms with Crippen LogP contribution in [0.1, 0.15) is 26.3 Å². The Labute approximate surface area is 162 Å². The number of carbonyl (C=O) groups excluding carboxylic acids is 2. The Bertz CT molecular complexity index is 1020. The van der Waals surface area contributed by atoms with E-state index >= 15 is 0 Å². The Kier molecular flexibility index (Phi) is 5.39. The van der Waals surface area contributed by atoms with E-state index < -0.39 is 11.7 Å². The van der Waals surface area contributed by atoms with Crippen LogP contribution < -0.4 is 10.6 Å². The number of rotatable bonds is 4. The van der Waals surface area contributed by atoms with Crippen molar-refractivity contribution in [3.8, 4) is 0 Å². The number of ether oxygens (including phenoxy) is 1. The third kappa shape index (κ3) is 5.16. The van der Waals surface area contributed by atoms with Crippen molar-refractivity contribution < 1.29 is 14.3 Å². The molecule has 3 N–H and O–H groups in total. The van der Waals surface area contributed by atoms with Gasteiger partial charge in [-0.05, 0) is 56.7 Å². The van der Waals surface area contributed by atoms with Crippen LogP contribution in [0.3, 0.4) is 0 Å². The molecule has 0 atom stereocenters. The number of carbonyl (C=O) groups is 2. The van der Waals surface area contributed by atoms with Gasteiger partial charge in [0.05, 0.1) is 5.69 Å². The first kappa shape index (κ1) is 19.1. The molecule has 0 aliphatic heterocycles. The Hall–Kier alpha value is -3.68. The van der Waals surface area contributed by atoms with E-state index in [0.717, 1.165) is 5.56 Å². The molecule has 0 saturated carbocycles. The summed E-state index contributed by atoms with van der Waals surface area (Å²) in [6.07, 6.45) is 2.59. The van der Waals surface area contributed by atoms with Gasteiger partial charge in [-0.1, -0.05) is 18.2 Å². The molecular formula is C20H21N5O3. The van der Waals surface area contributed by atoms with E-state index in [-0.39, 0.29) is 5.91 Å². The maximum Gasteiger partial charge on any atom is 0.412 e. The number of nitrogens with zero attached hydrogens (tertiary/aromatic N) is 2. The standard InChI is InChI=1S/C20H21N5O3/c1-20(2,3)28-19(27)21-14-10-7-13(8-11-14)9-12-17(26)22-15-5-4-6-16-18(15)24-25-23-16/h4-12H,1-3H3,(H,21,27)(H,22,26)(H,23,24,25). The van der Waals surface area contributed by atoms with Gasteiger partial charge < -0.3 is 10.1 Å². The Morgan fingerprint density at radius 1 is 1.04 bits per heavy atom. The van der Waals surface area contributed by atoms with Crippen LogP contribution in [-0.2, 0) is 9.53 Å². The highest BCUT2D eigenvalue weighted by Gasteiger charge is 2.16. The minimum atomic E-state index is -0.559. The van der Waals surface area contributed by atoms with Gasteiger partial charge in [-0.15, -0.1) is 0 Å². The van der Waals surface area contributed by atoms with E-state index in [9.17, 15) is 9.59 Å². The lowest BCUT2D eigenvalue weighted by molar-refractivity contribution is -0.111. The zero-order valence-corrected chi connectivity index (χ0v) is 15.8. The van der Waals surface area contributed by atoms with Crippen molar-refractivity contribution in [2.75, 3.05) is 10.6 Å². The molecule has 3 aromatic rings. The number of amides is 2. The Morgan fingerprint density at radius 2 is 1.79 bits per heavy atom. The molecule has 1 aromatic heterocycles. The van der Waals surface area contributed by atoms with Crippen LogP contribution in [-0.4, -0.2) is 33.0 Å². The summed E-state index contributed by atoms with van der Waals surface area (Å²) >= 11 is 0. The molecule has 0 unspecified atom stereocenters. The highest BCUT2D eigenvalue weighted by molar-refractivity contribution is 6.06. The van der Waals surface area contributed by atoms with E-state index in [4.69, 9.17) is 4.74 Å². The number of aromatic nitrogens is 3. The smallest absolute Gasteiger partial charge is 0.412 e. The molecule has 144 valence electrons. The van der Waals surface area contributed by atoms with Crippen molar-refractivity contribution in [3.05, 3.63) is 54.1 Å². The normalized spacial score (nSPS) is 11.5. The molecule has 0 saturated heterocycles. The van der Waals surface area contributed by atoms with Crippen molar-refractivity contribution in [2.24, 2.45) is 0 Å². The maximum atomic E-state index is 12.2. The quantitative estimate of drug-likeness (QED) is 0.595. The lowest BCUT2D eigenvalue weighted by Crippen LogP contribution is -2.27. The van der Waals surface area contributed by atoms with Crippen molar-refractivity contribution in [1.29, 1.82) is 0 Å². The molecule has 2 amide bonds. The number of benzene rings is 2. The van der Waals surface area contributed by atoms with Gasteiger partial charge in [0.15, 0.2) is 0 Å². The minimum Gasteiger partial charge on any atom is -0.444 e. The average molecular weight is 379 g/mol. The average Bonchev–Trinajstić information content (AvgIpc) is 3.09. The molecule has 2 aromatic carbocycles. The van der Waals surface area contributed by atoms with Crippen LogP contribution in [0.4, 0.5) is 16.2 Å². The third-order valence-electron chi connectivity index (χ3n) is 3.59. The van der Waals surface area contributed by atoms with E-state index in [1.165, 1.54) is 6.08 Å². The predicted molar refractivity (Wildman–Crippen MR) is 108 cm³/mol. The van der Waals surface area contributed by atoms with E-state index in [2.05, 4.69) is 26.0 Å². The number of anilines is 2. The summed E-state index contributed by atoms with van der Waals surface area (Å²) < 4.78 is 5.20. The molecule has 0 aliphatic carbocycles. The third-order valence-corrected chi connectivity index (χ3v) is 3.59. The molecule has 3 rings (SSSR count). The van der Waals surface area contributed by atoms with Crippen molar-refractivity contribution >= 4 is 40.5 Å². The van der Waals surface area contributed by atoms with Gasteiger partial charge >= 0.3 is 6.09 Å². The number of fused-ring (bicyclic) bond motifs is 1. The molecule has 0 aliphatic rings. The van der Waals surface area contributed by atoms with Crippen molar-refractivity contribution in [3.63, 3.8) is 0 Å². The largest absolute Gasteiger partial charge is 0.444 e. The maximum absolute atomic E-state index is 12.2. The fraction of sp³-hybridized carbons (Fsp3) is 0.200. The SMILES string of the molecule is CC(C)(C)OC(=O)Nc1ccc(C=CC(=O)Nc2cccc3n[nH]nc23)cc1. The van der Waals surface area contributed by atoms with Gasteiger partial charge in [-0.3, -0.25) is 10.1 Å². The number of para-hydroxylation sites is 1. The van der Waals surface area contributed by atoms with Crippen LogP contribution in [0, 0.1) is 0 Å². The van der Waals surface area contributed by atoms with Crippen molar-refractivity contribution in [1.82, 2.24) is 15.4 Å². The first-order valence-corrected chi connectivity index (χ1v) is 8.69. The highest BCUT2D eigenvalue weighted by Crippen LogP contribution is 2.19. The second kappa shape index (κ2) is 7.91. The first-order valence-electron chi connectivity index (χ1n) is 8.69. The molecule has 0 spiro atoms. The molecule has 8 heteroatoms. The lowest BCUT2D eigenvalue weighted by atomic mass is 10.2.